The average Bonchev–Trinajstić information content (AvgIpc) is 2.88. The summed E-state index contributed by atoms with van der Waals surface area (Å²) in [5.41, 5.74) is 2.62. The lowest BCUT2D eigenvalue weighted by molar-refractivity contribution is -0.130. The van der Waals surface area contributed by atoms with Crippen LogP contribution >= 0.6 is 0 Å². The number of hydrogen-bond acceptors (Lipinski definition) is 3. The largest absolute Gasteiger partial charge is 0.384 e. The summed E-state index contributed by atoms with van der Waals surface area (Å²) in [7, 11) is 1.66. The molecule has 1 saturated heterocycles. The number of rotatable bonds is 4. The Bertz CT molecular complexity index is 666. The van der Waals surface area contributed by atoms with Gasteiger partial charge < -0.3 is 20.4 Å². The van der Waals surface area contributed by atoms with E-state index in [-0.39, 0.29) is 5.91 Å². The predicted molar refractivity (Wildman–Crippen MR) is 88.1 cm³/mol. The number of nitrogens with one attached hydrogen (secondary N) is 3. The highest BCUT2D eigenvalue weighted by atomic mass is 16.5. The van der Waals surface area contributed by atoms with Crippen LogP contribution in [0.2, 0.25) is 0 Å². The lowest BCUT2D eigenvalue weighted by atomic mass is 9.78. The molecule has 0 spiro atoms. The van der Waals surface area contributed by atoms with Crippen molar-refractivity contribution in [2.75, 3.05) is 32.1 Å². The molecule has 2 aromatic rings. The Labute approximate surface area is 130 Å². The van der Waals surface area contributed by atoms with Gasteiger partial charge in [-0.3, -0.25) is 4.79 Å². The number of carbonyl (C=O) groups excluding carboxylic acids is 1. The molecule has 1 aliphatic rings. The molecule has 1 aromatic heterocycles. The summed E-state index contributed by atoms with van der Waals surface area (Å²) in [6.45, 7) is 4.20. The summed E-state index contributed by atoms with van der Waals surface area (Å²) >= 11 is 0. The van der Waals surface area contributed by atoms with Crippen molar-refractivity contribution < 1.29 is 9.53 Å². The number of piperidine rings is 1. The van der Waals surface area contributed by atoms with Crippen molar-refractivity contribution in [3.63, 3.8) is 0 Å². The molecule has 5 heteroatoms. The topological polar surface area (TPSA) is 66.1 Å². The maximum Gasteiger partial charge on any atom is 0.233 e. The van der Waals surface area contributed by atoms with Gasteiger partial charge in [-0.25, -0.2) is 0 Å². The van der Waals surface area contributed by atoms with E-state index in [0.717, 1.165) is 48.2 Å². The molecule has 1 fully saturated rings. The third-order valence-corrected chi connectivity index (χ3v) is 4.48. The highest BCUT2D eigenvalue weighted by molar-refractivity contribution is 5.97. The van der Waals surface area contributed by atoms with E-state index >= 15 is 0 Å². The first kappa shape index (κ1) is 15.1. The summed E-state index contributed by atoms with van der Waals surface area (Å²) in [4.78, 5) is 16.1. The quantitative estimate of drug-likeness (QED) is 0.812. The van der Waals surface area contributed by atoms with Gasteiger partial charge in [-0.2, -0.15) is 0 Å². The van der Waals surface area contributed by atoms with Gasteiger partial charge in [0.2, 0.25) is 5.91 Å². The van der Waals surface area contributed by atoms with Crippen LogP contribution < -0.4 is 10.6 Å². The number of benzene rings is 1. The van der Waals surface area contributed by atoms with Gasteiger partial charge in [0.05, 0.1) is 12.0 Å². The van der Waals surface area contributed by atoms with Crippen molar-refractivity contribution in [3.8, 4) is 0 Å². The van der Waals surface area contributed by atoms with Crippen molar-refractivity contribution >= 4 is 22.5 Å². The van der Waals surface area contributed by atoms with Crippen LogP contribution in [0.4, 0.5) is 5.69 Å². The van der Waals surface area contributed by atoms with Crippen LogP contribution in [0, 0.1) is 12.3 Å². The molecule has 0 atom stereocenters. The molecule has 0 aliphatic carbocycles. The molecule has 5 nitrogen and oxygen atoms in total. The Balaban J connectivity index is 1.81. The molecule has 118 valence electrons. The Morgan fingerprint density at radius 3 is 2.82 bits per heavy atom. The van der Waals surface area contributed by atoms with Crippen LogP contribution in [0.15, 0.2) is 24.3 Å². The highest BCUT2D eigenvalue weighted by Crippen LogP contribution is 2.31. The van der Waals surface area contributed by atoms with E-state index in [1.165, 1.54) is 0 Å². The second kappa shape index (κ2) is 6.10. The zero-order valence-electron chi connectivity index (χ0n) is 13.2. The minimum Gasteiger partial charge on any atom is -0.384 e. The molecule has 1 aromatic carbocycles. The minimum atomic E-state index is -0.428. The molecular formula is C17H23N3O2. The van der Waals surface area contributed by atoms with E-state index < -0.39 is 5.41 Å². The fourth-order valence-electron chi connectivity index (χ4n) is 3.24. The number of ether oxygens (including phenoxy) is 1. The number of carbonyl (C=O) groups is 1. The normalized spacial score (nSPS) is 17.5. The van der Waals surface area contributed by atoms with E-state index in [1.54, 1.807) is 7.11 Å². The van der Waals surface area contributed by atoms with E-state index in [0.29, 0.717) is 6.61 Å². The van der Waals surface area contributed by atoms with Gasteiger partial charge in [-0.1, -0.05) is 0 Å². The molecule has 22 heavy (non-hydrogen) atoms. The van der Waals surface area contributed by atoms with Crippen LogP contribution in [-0.4, -0.2) is 37.7 Å². The fraction of sp³-hybridized carbons (Fsp3) is 0.471. The van der Waals surface area contributed by atoms with Gasteiger partial charge in [0.1, 0.15) is 0 Å². The van der Waals surface area contributed by atoms with Crippen molar-refractivity contribution in [3.05, 3.63) is 30.0 Å². The van der Waals surface area contributed by atoms with E-state index in [9.17, 15) is 4.79 Å². The minimum absolute atomic E-state index is 0.0578. The van der Waals surface area contributed by atoms with Gasteiger partial charge in [-0.05, 0) is 57.1 Å². The summed E-state index contributed by atoms with van der Waals surface area (Å²) < 4.78 is 5.32. The molecule has 3 rings (SSSR count). The summed E-state index contributed by atoms with van der Waals surface area (Å²) in [5.74, 6) is 0.0578. The smallest absolute Gasteiger partial charge is 0.233 e. The second-order valence-electron chi connectivity index (χ2n) is 6.17. The van der Waals surface area contributed by atoms with Gasteiger partial charge in [0.25, 0.3) is 0 Å². The first-order chi connectivity index (χ1) is 10.6. The molecule has 1 amide bonds. The lowest BCUT2D eigenvalue weighted by Gasteiger charge is -2.35. The average molecular weight is 301 g/mol. The van der Waals surface area contributed by atoms with Gasteiger partial charge in [-0.15, -0.1) is 0 Å². The van der Waals surface area contributed by atoms with E-state index in [2.05, 4.69) is 21.7 Å². The summed E-state index contributed by atoms with van der Waals surface area (Å²) in [5, 5.41) is 7.49. The fourth-order valence-corrected chi connectivity index (χ4v) is 3.24. The van der Waals surface area contributed by atoms with Crippen molar-refractivity contribution in [1.29, 1.82) is 0 Å². The van der Waals surface area contributed by atoms with Gasteiger partial charge >= 0.3 is 0 Å². The van der Waals surface area contributed by atoms with Crippen molar-refractivity contribution in [2.45, 2.75) is 19.8 Å². The first-order valence-corrected chi connectivity index (χ1v) is 7.73. The van der Waals surface area contributed by atoms with Crippen LogP contribution in [0.5, 0.6) is 0 Å². The summed E-state index contributed by atoms with van der Waals surface area (Å²) in [6, 6.07) is 8.04. The van der Waals surface area contributed by atoms with Crippen molar-refractivity contribution in [1.82, 2.24) is 10.3 Å². The molecule has 0 unspecified atom stereocenters. The third-order valence-electron chi connectivity index (χ3n) is 4.48. The van der Waals surface area contributed by atoms with E-state index in [4.69, 9.17) is 4.74 Å². The Kier molecular flexibility index (Phi) is 4.18. The molecule has 0 radical (unpaired) electrons. The second-order valence-corrected chi connectivity index (χ2v) is 6.17. The number of anilines is 1. The SMILES string of the molecule is COCC1(C(=O)Nc2ccc3[nH]c(C)cc3c2)CCNCC1. The molecule has 0 saturated carbocycles. The maximum atomic E-state index is 12.8. The van der Waals surface area contributed by atoms with Crippen LogP contribution in [-0.2, 0) is 9.53 Å². The zero-order valence-corrected chi connectivity index (χ0v) is 13.2. The van der Waals surface area contributed by atoms with Crippen molar-refractivity contribution in [2.24, 2.45) is 5.41 Å². The van der Waals surface area contributed by atoms with E-state index in [1.807, 2.05) is 25.1 Å². The summed E-state index contributed by atoms with van der Waals surface area (Å²) in [6.07, 6.45) is 1.61. The van der Waals surface area contributed by atoms with Crippen LogP contribution in [0.1, 0.15) is 18.5 Å². The lowest BCUT2D eigenvalue weighted by Crippen LogP contribution is -2.47. The molecule has 2 heterocycles. The molecule has 1 aliphatic heterocycles. The number of methoxy groups -OCH3 is 1. The Morgan fingerprint density at radius 1 is 1.32 bits per heavy atom. The zero-order chi connectivity index (χ0) is 15.6. The first-order valence-electron chi connectivity index (χ1n) is 7.73. The number of aromatic amines is 1. The Hall–Kier alpha value is -1.85. The molecule has 0 bridgehead atoms. The number of H-pyrrole nitrogens is 1. The number of amides is 1. The van der Waals surface area contributed by atoms with Crippen LogP contribution in [0.3, 0.4) is 0 Å². The number of fused-ring (bicyclic) bond motifs is 1. The number of aryl methyl sites for hydroxylation is 1. The van der Waals surface area contributed by atoms with Gasteiger partial charge in [0, 0.05) is 29.4 Å². The Morgan fingerprint density at radius 2 is 2.09 bits per heavy atom. The molecule has 3 N–H and O–H groups in total. The number of aromatic nitrogens is 1. The van der Waals surface area contributed by atoms with Crippen LogP contribution in [0.25, 0.3) is 10.9 Å². The predicted octanol–water partition coefficient (Wildman–Crippen LogP) is 2.43. The number of hydrogen-bond donors (Lipinski definition) is 3. The van der Waals surface area contributed by atoms with Gasteiger partial charge in [0.15, 0.2) is 0 Å². The standard InChI is InChI=1S/C17H23N3O2/c1-12-9-13-10-14(3-4-15(13)19-12)20-16(21)17(11-22-2)5-7-18-8-6-17/h3-4,9-10,18-19H,5-8,11H2,1-2H3,(H,20,21). The monoisotopic (exact) mass is 301 g/mol. The third kappa shape index (κ3) is 2.87. The molecular weight excluding hydrogens is 278 g/mol. The maximum absolute atomic E-state index is 12.8. The highest BCUT2D eigenvalue weighted by Gasteiger charge is 2.39.